The molecule has 0 aliphatic carbocycles. The van der Waals surface area contributed by atoms with Gasteiger partial charge in [-0.05, 0) is 64.5 Å². The van der Waals surface area contributed by atoms with Crippen molar-refractivity contribution in [3.8, 4) is 0 Å². The van der Waals surface area contributed by atoms with Crippen molar-refractivity contribution < 1.29 is 28.5 Å². The zero-order valence-corrected chi connectivity index (χ0v) is 31.6. The van der Waals surface area contributed by atoms with Crippen molar-refractivity contribution in [3.05, 3.63) is 0 Å². The van der Waals surface area contributed by atoms with E-state index in [0.29, 0.717) is 19.6 Å². The van der Waals surface area contributed by atoms with E-state index >= 15 is 0 Å². The first-order valence-electron chi connectivity index (χ1n) is 20.0. The zero-order valence-electron chi connectivity index (χ0n) is 31.6. The second kappa shape index (κ2) is 37.4. The number of rotatable bonds is 37. The Bertz CT molecular complexity index is 647. The molecule has 0 saturated carbocycles. The molecular weight excluding hydrogens is 592 g/mol. The molecule has 8 heteroatoms. The molecule has 0 aliphatic heterocycles. The van der Waals surface area contributed by atoms with Gasteiger partial charge in [0, 0.05) is 32.7 Å². The third-order valence-electron chi connectivity index (χ3n) is 8.77. The lowest BCUT2D eigenvalue weighted by Gasteiger charge is -2.22. The minimum absolute atomic E-state index is 0.0559. The van der Waals surface area contributed by atoms with Crippen molar-refractivity contribution in [1.82, 2.24) is 10.2 Å². The van der Waals surface area contributed by atoms with Gasteiger partial charge in [-0.3, -0.25) is 4.79 Å². The van der Waals surface area contributed by atoms with Crippen molar-refractivity contribution in [1.29, 1.82) is 0 Å². The van der Waals surface area contributed by atoms with Gasteiger partial charge < -0.3 is 29.2 Å². The molecule has 0 fully saturated rings. The Hall–Kier alpha value is -1.38. The third kappa shape index (κ3) is 34.3. The summed E-state index contributed by atoms with van der Waals surface area (Å²) in [4.78, 5) is 25.8. The van der Waals surface area contributed by atoms with E-state index in [-0.39, 0.29) is 18.4 Å². The summed E-state index contributed by atoms with van der Waals surface area (Å²) in [5.41, 5.74) is 0. The smallest absolute Gasteiger partial charge is 0.406 e. The monoisotopic (exact) mass is 671 g/mol. The minimum atomic E-state index is -0.370. The van der Waals surface area contributed by atoms with Crippen LogP contribution in [0.2, 0.25) is 0 Å². The number of hydrogen-bond donors (Lipinski definition) is 1. The van der Waals surface area contributed by atoms with Crippen LogP contribution in [0.4, 0.5) is 4.79 Å². The molecule has 8 nitrogen and oxygen atoms in total. The van der Waals surface area contributed by atoms with E-state index in [1.165, 1.54) is 84.2 Å². The summed E-state index contributed by atoms with van der Waals surface area (Å²) < 4.78 is 22.4. The molecule has 47 heavy (non-hydrogen) atoms. The summed E-state index contributed by atoms with van der Waals surface area (Å²) >= 11 is 0. The molecule has 0 unspecified atom stereocenters. The third-order valence-corrected chi connectivity index (χ3v) is 8.77. The van der Waals surface area contributed by atoms with Crippen LogP contribution in [0, 0.1) is 0 Å². The van der Waals surface area contributed by atoms with E-state index in [9.17, 15) is 9.59 Å². The highest BCUT2D eigenvalue weighted by Crippen LogP contribution is 2.14. The first kappa shape index (κ1) is 45.6. The normalized spacial score (nSPS) is 11.4. The number of ether oxygens (including phenoxy) is 4. The maximum Gasteiger partial charge on any atom is 0.406 e. The molecule has 0 aliphatic rings. The van der Waals surface area contributed by atoms with Gasteiger partial charge in [0.05, 0.1) is 13.7 Å². The van der Waals surface area contributed by atoms with Gasteiger partial charge >= 0.3 is 12.1 Å². The summed E-state index contributed by atoms with van der Waals surface area (Å²) in [6, 6.07) is 0. The number of unbranched alkanes of at least 4 members (excludes halogenated alkanes) is 18. The minimum Gasteiger partial charge on any atom is -0.466 e. The number of esters is 1. The molecule has 0 radical (unpaired) electrons. The molecule has 0 atom stereocenters. The molecule has 0 aromatic heterocycles. The largest absolute Gasteiger partial charge is 0.466 e. The summed E-state index contributed by atoms with van der Waals surface area (Å²) in [5.74, 6) is -0.0559. The van der Waals surface area contributed by atoms with Crippen LogP contribution in [-0.2, 0) is 23.7 Å². The molecule has 1 N–H and O–H groups in total. The lowest BCUT2D eigenvalue weighted by atomic mass is 10.1. The van der Waals surface area contributed by atoms with Crippen LogP contribution < -0.4 is 5.32 Å². The number of carbonyl (C=O) groups is 2. The summed E-state index contributed by atoms with van der Waals surface area (Å²) in [5, 5.41) is 2.83. The number of nitrogens with one attached hydrogen (secondary N) is 1. The van der Waals surface area contributed by atoms with E-state index in [0.717, 1.165) is 110 Å². The average Bonchev–Trinajstić information content (AvgIpc) is 3.07. The Labute approximate surface area is 291 Å². The van der Waals surface area contributed by atoms with Crippen LogP contribution in [0.25, 0.3) is 0 Å². The lowest BCUT2D eigenvalue weighted by Crippen LogP contribution is -2.36. The van der Waals surface area contributed by atoms with Crippen LogP contribution in [0.3, 0.4) is 0 Å². The maximum atomic E-state index is 11.8. The maximum absolute atomic E-state index is 11.8. The Kier molecular flexibility index (Phi) is 36.3. The molecule has 0 aromatic rings. The van der Waals surface area contributed by atoms with Crippen molar-refractivity contribution in [2.45, 2.75) is 188 Å². The lowest BCUT2D eigenvalue weighted by molar-refractivity contribution is -0.148. The molecule has 280 valence electrons. The molecule has 0 spiro atoms. The number of amides is 1. The first-order valence-corrected chi connectivity index (χ1v) is 20.0. The Morgan fingerprint density at radius 1 is 0.553 bits per heavy atom. The predicted molar refractivity (Wildman–Crippen MR) is 196 cm³/mol. The van der Waals surface area contributed by atoms with Crippen molar-refractivity contribution in [3.63, 3.8) is 0 Å². The molecule has 0 saturated heterocycles. The molecule has 0 heterocycles. The highest BCUT2D eigenvalue weighted by atomic mass is 16.7. The standard InChI is InChI=1S/C39H78N2O6/c1-5-8-11-13-20-26-35-46-38(47-36-27-21-14-12-9-6-2)29-23-17-19-25-32-41(33-30-40-39(43)44-4)31-24-18-15-16-22-28-37(42)45-34-10-7-3/h38H,5-36H2,1-4H3,(H,40,43). The fourth-order valence-electron chi connectivity index (χ4n) is 5.67. The summed E-state index contributed by atoms with van der Waals surface area (Å²) in [6.07, 6.45) is 28.5. The van der Waals surface area contributed by atoms with Gasteiger partial charge in [-0.15, -0.1) is 0 Å². The van der Waals surface area contributed by atoms with Crippen LogP contribution in [-0.4, -0.2) is 76.4 Å². The number of nitrogens with zero attached hydrogens (tertiary/aromatic N) is 1. The SMILES string of the molecule is CCCCCCCCOC(CCCCCCN(CCCCCCCC(=O)OCCCC)CCNC(=O)OC)OCCCCCCCC. The summed E-state index contributed by atoms with van der Waals surface area (Å²) in [7, 11) is 1.40. The number of carbonyl (C=O) groups excluding carboxylic acids is 2. The Balaban J connectivity index is 4.35. The van der Waals surface area contributed by atoms with E-state index in [1.54, 1.807) is 0 Å². The van der Waals surface area contributed by atoms with E-state index < -0.39 is 0 Å². The average molecular weight is 671 g/mol. The van der Waals surface area contributed by atoms with Gasteiger partial charge in [0.2, 0.25) is 0 Å². The second-order valence-electron chi connectivity index (χ2n) is 13.3. The van der Waals surface area contributed by atoms with Crippen molar-refractivity contribution in [2.75, 3.05) is 53.1 Å². The van der Waals surface area contributed by atoms with Crippen LogP contribution in [0.15, 0.2) is 0 Å². The fraction of sp³-hybridized carbons (Fsp3) is 0.949. The van der Waals surface area contributed by atoms with E-state index in [1.807, 2.05) is 0 Å². The van der Waals surface area contributed by atoms with E-state index in [4.69, 9.17) is 18.9 Å². The molecular formula is C39H78N2O6. The van der Waals surface area contributed by atoms with E-state index in [2.05, 4.69) is 31.0 Å². The van der Waals surface area contributed by atoms with Gasteiger partial charge in [-0.2, -0.15) is 0 Å². The van der Waals surface area contributed by atoms with Gasteiger partial charge in [0.1, 0.15) is 0 Å². The zero-order chi connectivity index (χ0) is 34.5. The topological polar surface area (TPSA) is 86.3 Å². The van der Waals surface area contributed by atoms with Crippen LogP contribution >= 0.6 is 0 Å². The highest BCUT2D eigenvalue weighted by Gasteiger charge is 2.11. The summed E-state index contributed by atoms with van der Waals surface area (Å²) in [6.45, 7) is 12.3. The first-order chi connectivity index (χ1) is 23.1. The molecule has 0 aromatic carbocycles. The van der Waals surface area contributed by atoms with Crippen LogP contribution in [0.5, 0.6) is 0 Å². The number of alkyl carbamates (subject to hydrolysis) is 1. The Morgan fingerprint density at radius 3 is 1.60 bits per heavy atom. The molecule has 0 bridgehead atoms. The van der Waals surface area contributed by atoms with Crippen molar-refractivity contribution in [2.24, 2.45) is 0 Å². The predicted octanol–water partition coefficient (Wildman–Crippen LogP) is 10.4. The molecule has 0 rings (SSSR count). The fourth-order valence-corrected chi connectivity index (χ4v) is 5.67. The Morgan fingerprint density at radius 2 is 1.04 bits per heavy atom. The van der Waals surface area contributed by atoms with Crippen molar-refractivity contribution >= 4 is 12.1 Å². The number of hydrogen-bond acceptors (Lipinski definition) is 7. The highest BCUT2D eigenvalue weighted by molar-refractivity contribution is 5.69. The number of methoxy groups -OCH3 is 1. The second-order valence-corrected chi connectivity index (χ2v) is 13.3. The van der Waals surface area contributed by atoms with Gasteiger partial charge in [0.15, 0.2) is 6.29 Å². The van der Waals surface area contributed by atoms with Crippen LogP contribution in [0.1, 0.15) is 181 Å². The van der Waals surface area contributed by atoms with Gasteiger partial charge in [-0.1, -0.05) is 124 Å². The quantitative estimate of drug-likeness (QED) is 0.0400. The van der Waals surface area contributed by atoms with Gasteiger partial charge in [0.25, 0.3) is 0 Å². The molecule has 1 amide bonds. The van der Waals surface area contributed by atoms with Gasteiger partial charge in [-0.25, -0.2) is 4.79 Å².